The van der Waals surface area contributed by atoms with Crippen LogP contribution >= 0.6 is 0 Å². The van der Waals surface area contributed by atoms with Gasteiger partial charge in [-0.1, -0.05) is 42.5 Å². The third-order valence-electron chi connectivity index (χ3n) is 5.06. The van der Waals surface area contributed by atoms with E-state index in [-0.39, 0.29) is 52.4 Å². The molecule has 2 aromatic carbocycles. The summed E-state index contributed by atoms with van der Waals surface area (Å²) >= 11 is 0. The number of halogens is 3. The predicted molar refractivity (Wildman–Crippen MR) is 128 cm³/mol. The van der Waals surface area contributed by atoms with Gasteiger partial charge in [0.15, 0.2) is 6.10 Å². The summed E-state index contributed by atoms with van der Waals surface area (Å²) in [5.41, 5.74) is 1.56. The molecule has 1 unspecified atom stereocenters. The molecule has 1 atom stereocenters. The lowest BCUT2D eigenvalue weighted by atomic mass is 10.1. The van der Waals surface area contributed by atoms with Crippen LogP contribution < -0.4 is 4.74 Å². The van der Waals surface area contributed by atoms with Gasteiger partial charge in [0.05, 0.1) is 6.54 Å². The van der Waals surface area contributed by atoms with Gasteiger partial charge in [-0.3, -0.25) is 0 Å². The summed E-state index contributed by atoms with van der Waals surface area (Å²) < 4.78 is 57.7. The molecule has 0 fully saturated rings. The summed E-state index contributed by atoms with van der Waals surface area (Å²) in [5.74, 6) is -0.525. The van der Waals surface area contributed by atoms with Crippen LogP contribution in [0.25, 0.3) is 0 Å². The van der Waals surface area contributed by atoms with Crippen molar-refractivity contribution in [1.82, 2.24) is 4.90 Å². The van der Waals surface area contributed by atoms with E-state index in [0.29, 0.717) is 5.75 Å². The van der Waals surface area contributed by atoms with Gasteiger partial charge in [0, 0.05) is 26.2 Å². The van der Waals surface area contributed by atoms with Crippen LogP contribution in [0.15, 0.2) is 54.6 Å². The van der Waals surface area contributed by atoms with Crippen molar-refractivity contribution in [3.63, 3.8) is 0 Å². The standard InChI is InChI=1S/C26H32F3NO7/c1-2-35-23(24(31)32)17-20-9-11-22(12-10-20)36-16-14-30(13-6-15-34-19-26(27,28)29)25(33)37-18-21-7-4-3-5-8-21/h3-5,7-12,23H,2,6,13-19H2,1H3,(H,31,32). The number of nitrogens with zero attached hydrogens (tertiary/aromatic N) is 1. The molecule has 2 rings (SSSR count). The smallest absolute Gasteiger partial charge is 0.411 e. The van der Waals surface area contributed by atoms with Gasteiger partial charge >= 0.3 is 18.2 Å². The van der Waals surface area contributed by atoms with E-state index in [1.54, 1.807) is 31.2 Å². The molecular formula is C26H32F3NO7. The highest BCUT2D eigenvalue weighted by molar-refractivity contribution is 5.72. The number of amides is 1. The summed E-state index contributed by atoms with van der Waals surface area (Å²) in [5, 5.41) is 9.21. The molecule has 0 aliphatic carbocycles. The van der Waals surface area contributed by atoms with E-state index in [4.69, 9.17) is 14.2 Å². The van der Waals surface area contributed by atoms with E-state index in [0.717, 1.165) is 11.1 Å². The summed E-state index contributed by atoms with van der Waals surface area (Å²) in [6.07, 6.45) is -5.56. The Labute approximate surface area is 213 Å². The molecule has 0 aliphatic heterocycles. The van der Waals surface area contributed by atoms with Crippen molar-refractivity contribution in [2.75, 3.05) is 39.5 Å². The highest BCUT2D eigenvalue weighted by Gasteiger charge is 2.27. The molecule has 1 N–H and O–H groups in total. The first-order chi connectivity index (χ1) is 17.7. The largest absolute Gasteiger partial charge is 0.492 e. The van der Waals surface area contributed by atoms with E-state index in [2.05, 4.69) is 4.74 Å². The zero-order valence-electron chi connectivity index (χ0n) is 20.6. The van der Waals surface area contributed by atoms with Crippen LogP contribution in [0.3, 0.4) is 0 Å². The average molecular weight is 528 g/mol. The number of carboxylic acids is 1. The molecule has 204 valence electrons. The van der Waals surface area contributed by atoms with Crippen LogP contribution in [0.1, 0.15) is 24.5 Å². The van der Waals surface area contributed by atoms with Crippen molar-refractivity contribution in [2.45, 2.75) is 38.7 Å². The van der Waals surface area contributed by atoms with Gasteiger partial charge in [0.25, 0.3) is 0 Å². The Bertz CT molecular complexity index is 939. The van der Waals surface area contributed by atoms with Crippen LogP contribution in [0.2, 0.25) is 0 Å². The first kappa shape index (κ1) is 29.9. The summed E-state index contributed by atoms with van der Waals surface area (Å²) in [4.78, 5) is 25.2. The van der Waals surface area contributed by atoms with E-state index < -0.39 is 30.9 Å². The Morgan fingerprint density at radius 3 is 2.30 bits per heavy atom. The molecule has 0 radical (unpaired) electrons. The average Bonchev–Trinajstić information content (AvgIpc) is 2.86. The second-order valence-corrected chi connectivity index (χ2v) is 8.03. The molecule has 0 saturated heterocycles. The van der Waals surface area contributed by atoms with E-state index in [1.165, 1.54) is 4.90 Å². The molecule has 0 spiro atoms. The van der Waals surface area contributed by atoms with Crippen molar-refractivity contribution in [1.29, 1.82) is 0 Å². The summed E-state index contributed by atoms with van der Waals surface area (Å²) in [6, 6.07) is 15.9. The molecule has 0 aliphatic rings. The lowest BCUT2D eigenvalue weighted by Crippen LogP contribution is -2.36. The number of alkyl halides is 3. The lowest BCUT2D eigenvalue weighted by molar-refractivity contribution is -0.174. The van der Waals surface area contributed by atoms with Gasteiger partial charge in [0.1, 0.15) is 25.6 Å². The van der Waals surface area contributed by atoms with Crippen molar-refractivity contribution in [3.05, 3.63) is 65.7 Å². The zero-order valence-corrected chi connectivity index (χ0v) is 20.6. The number of hydrogen-bond donors (Lipinski definition) is 1. The number of rotatable bonds is 16. The highest BCUT2D eigenvalue weighted by atomic mass is 19.4. The van der Waals surface area contributed by atoms with Crippen molar-refractivity contribution in [3.8, 4) is 5.75 Å². The molecule has 11 heteroatoms. The maximum atomic E-state index is 12.6. The Morgan fingerprint density at radius 2 is 1.68 bits per heavy atom. The molecule has 2 aromatic rings. The second-order valence-electron chi connectivity index (χ2n) is 8.03. The van der Waals surface area contributed by atoms with Gasteiger partial charge < -0.3 is 29.0 Å². The molecular weight excluding hydrogens is 495 g/mol. The quantitative estimate of drug-likeness (QED) is 0.316. The highest BCUT2D eigenvalue weighted by Crippen LogP contribution is 2.16. The lowest BCUT2D eigenvalue weighted by Gasteiger charge is -2.22. The number of carboxylic acid groups (broad SMARTS) is 1. The van der Waals surface area contributed by atoms with Crippen molar-refractivity contribution in [2.24, 2.45) is 0 Å². The van der Waals surface area contributed by atoms with Crippen molar-refractivity contribution >= 4 is 12.1 Å². The maximum absolute atomic E-state index is 12.6. The van der Waals surface area contributed by atoms with Crippen LogP contribution in [0, 0.1) is 0 Å². The van der Waals surface area contributed by atoms with E-state index in [1.807, 2.05) is 30.3 Å². The van der Waals surface area contributed by atoms with Crippen molar-refractivity contribution < 1.29 is 46.8 Å². The molecule has 0 aromatic heterocycles. The number of carbonyl (C=O) groups excluding carboxylic acids is 1. The Morgan fingerprint density at radius 1 is 0.973 bits per heavy atom. The minimum Gasteiger partial charge on any atom is -0.492 e. The minimum absolute atomic E-state index is 0.0577. The van der Waals surface area contributed by atoms with Gasteiger partial charge in [-0.05, 0) is 36.6 Å². The van der Waals surface area contributed by atoms with Crippen LogP contribution in [-0.4, -0.2) is 73.9 Å². The topological polar surface area (TPSA) is 94.5 Å². The predicted octanol–water partition coefficient (Wildman–Crippen LogP) is 4.71. The molecule has 8 nitrogen and oxygen atoms in total. The maximum Gasteiger partial charge on any atom is 0.411 e. The fourth-order valence-electron chi connectivity index (χ4n) is 3.28. The number of aliphatic carboxylic acids is 1. The first-order valence-electron chi connectivity index (χ1n) is 11.8. The number of hydrogen-bond acceptors (Lipinski definition) is 6. The Hall–Kier alpha value is -3.31. The Kier molecular flexibility index (Phi) is 12.7. The van der Waals surface area contributed by atoms with Gasteiger partial charge in [-0.2, -0.15) is 13.2 Å². The summed E-state index contributed by atoms with van der Waals surface area (Å²) in [6.45, 7) is 0.940. The van der Waals surface area contributed by atoms with E-state index in [9.17, 15) is 27.9 Å². The molecule has 0 saturated carbocycles. The number of ether oxygens (including phenoxy) is 4. The SMILES string of the molecule is CCOC(Cc1ccc(OCCN(CCCOCC(F)(F)F)C(=O)OCc2ccccc2)cc1)C(=O)O. The van der Waals surface area contributed by atoms with Crippen LogP contribution in [-0.2, 0) is 32.0 Å². The number of benzene rings is 2. The normalized spacial score (nSPS) is 12.1. The molecule has 1 amide bonds. The first-order valence-corrected chi connectivity index (χ1v) is 11.8. The third kappa shape index (κ3) is 12.5. The summed E-state index contributed by atoms with van der Waals surface area (Å²) in [7, 11) is 0. The molecule has 0 heterocycles. The fraction of sp³-hybridized carbons (Fsp3) is 0.462. The molecule has 0 bridgehead atoms. The van der Waals surface area contributed by atoms with Gasteiger partial charge in [-0.15, -0.1) is 0 Å². The monoisotopic (exact) mass is 527 g/mol. The van der Waals surface area contributed by atoms with Crippen LogP contribution in [0.4, 0.5) is 18.0 Å². The van der Waals surface area contributed by atoms with E-state index >= 15 is 0 Å². The van der Waals surface area contributed by atoms with Gasteiger partial charge in [0.2, 0.25) is 0 Å². The minimum atomic E-state index is -4.41. The number of carbonyl (C=O) groups is 2. The Balaban J connectivity index is 1.87. The second kappa shape index (κ2) is 15.7. The molecule has 37 heavy (non-hydrogen) atoms. The van der Waals surface area contributed by atoms with Crippen LogP contribution in [0.5, 0.6) is 5.75 Å². The van der Waals surface area contributed by atoms with Gasteiger partial charge in [-0.25, -0.2) is 9.59 Å². The third-order valence-corrected chi connectivity index (χ3v) is 5.06. The fourth-order valence-corrected chi connectivity index (χ4v) is 3.28. The zero-order chi connectivity index (χ0) is 27.1.